The average molecular weight is 709 g/mol. The molecule has 50 heavy (non-hydrogen) atoms. The van der Waals surface area contributed by atoms with E-state index in [0.717, 1.165) is 0 Å². The van der Waals surface area contributed by atoms with Gasteiger partial charge >= 0.3 is 18.0 Å². The van der Waals surface area contributed by atoms with E-state index in [4.69, 9.17) is 33.2 Å². The minimum Gasteiger partial charge on any atom is -0.458 e. The zero-order valence-electron chi connectivity index (χ0n) is 32.1. The van der Waals surface area contributed by atoms with Crippen LogP contribution in [0.4, 0.5) is 4.79 Å². The highest BCUT2D eigenvalue weighted by Gasteiger charge is 2.60. The Balaban J connectivity index is 1.88. The Bertz CT molecular complexity index is 1290. The summed E-state index contributed by atoms with van der Waals surface area (Å²) in [5.41, 5.74) is -1.78. The van der Waals surface area contributed by atoms with Crippen molar-refractivity contribution >= 4 is 23.8 Å². The van der Waals surface area contributed by atoms with Crippen molar-refractivity contribution < 1.29 is 52.3 Å². The Labute approximate surface area is 297 Å². The van der Waals surface area contributed by atoms with E-state index < -0.39 is 89.7 Å². The maximum Gasteiger partial charge on any atom is 0.410 e. The fourth-order valence-electron chi connectivity index (χ4n) is 8.84. The van der Waals surface area contributed by atoms with Crippen molar-refractivity contribution in [3.8, 4) is 0 Å². The number of likely N-dealkylation sites (N-methyl/N-ethyl adjacent to an activating group) is 2. The van der Waals surface area contributed by atoms with E-state index in [9.17, 15) is 19.2 Å². The Morgan fingerprint density at radius 3 is 2.32 bits per heavy atom. The Morgan fingerprint density at radius 1 is 1.06 bits per heavy atom. The Kier molecular flexibility index (Phi) is 12.5. The quantitative estimate of drug-likeness (QED) is 0.230. The molecule has 0 aromatic carbocycles. The number of nitrogens with zero attached hydrogens (tertiary/aromatic N) is 2. The van der Waals surface area contributed by atoms with Crippen molar-refractivity contribution in [1.82, 2.24) is 9.80 Å². The molecule has 0 aliphatic carbocycles. The number of Topliss-reactive ketones (excluding diaryl/α,β-unsaturated/α-hetero) is 1. The lowest BCUT2D eigenvalue weighted by molar-refractivity contribution is -0.304. The molecular weight excluding hydrogens is 648 g/mol. The second kappa shape index (κ2) is 15.6. The summed E-state index contributed by atoms with van der Waals surface area (Å²) in [6.45, 7) is 20.5. The normalized spacial score (nSPS) is 43.7. The second-order valence-electron chi connectivity index (χ2n) is 15.7. The van der Waals surface area contributed by atoms with Gasteiger partial charge in [-0.15, -0.1) is 0 Å². The van der Waals surface area contributed by atoms with E-state index in [0.29, 0.717) is 18.4 Å². The fraction of sp³-hybridized carbons (Fsp3) is 0.838. The Morgan fingerprint density at radius 2 is 1.72 bits per heavy atom. The predicted octanol–water partition coefficient (Wildman–Crippen LogP) is 4.15. The zero-order valence-corrected chi connectivity index (χ0v) is 32.1. The molecule has 4 aliphatic rings. The van der Waals surface area contributed by atoms with Gasteiger partial charge in [-0.1, -0.05) is 34.3 Å². The third-order valence-electron chi connectivity index (χ3n) is 11.4. The molecule has 0 spiro atoms. The molecule has 284 valence electrons. The standard InChI is InChI=1S/C37H60N2O11/c1-14-27-37(10)31(39(13)35(43)50-37)22(5)28(41)20(3)16-36(9)32(23(6)29(24(7)33(42)48-27)44-17-19(2)18-45-36)49-34-30(47-25(8)40)26(38(11)12)15-21(4)46-34/h20-24,26-27,29-32,34H,2,14-18H2,1,3-13H3/t20-,21-,22+,23+,24-,26+,27-,29-,30-,31-,32-,34+,36+,37-/m1/s1. The molecule has 1 amide bonds. The van der Waals surface area contributed by atoms with Gasteiger partial charge in [0.05, 0.1) is 55.1 Å². The van der Waals surface area contributed by atoms with Crippen LogP contribution >= 0.6 is 0 Å². The number of hydrogen-bond donors (Lipinski definition) is 0. The molecule has 0 N–H and O–H groups in total. The van der Waals surface area contributed by atoms with Crippen molar-refractivity contribution in [3.05, 3.63) is 12.2 Å². The van der Waals surface area contributed by atoms with Gasteiger partial charge in [0.1, 0.15) is 11.9 Å². The fourth-order valence-corrected chi connectivity index (χ4v) is 8.84. The van der Waals surface area contributed by atoms with Gasteiger partial charge in [0.2, 0.25) is 0 Å². The first-order valence-electron chi connectivity index (χ1n) is 18.0. The third kappa shape index (κ3) is 7.91. The van der Waals surface area contributed by atoms with E-state index in [1.165, 1.54) is 11.8 Å². The van der Waals surface area contributed by atoms with E-state index in [-0.39, 0.29) is 37.6 Å². The largest absolute Gasteiger partial charge is 0.458 e. The van der Waals surface area contributed by atoms with Gasteiger partial charge in [-0.2, -0.15) is 0 Å². The first kappa shape index (κ1) is 40.2. The maximum absolute atomic E-state index is 14.5. The van der Waals surface area contributed by atoms with Gasteiger partial charge in [-0.3, -0.25) is 14.4 Å². The van der Waals surface area contributed by atoms with Crippen molar-refractivity contribution in [1.29, 1.82) is 0 Å². The zero-order chi connectivity index (χ0) is 37.5. The molecule has 4 fully saturated rings. The van der Waals surface area contributed by atoms with Crippen molar-refractivity contribution in [3.63, 3.8) is 0 Å². The summed E-state index contributed by atoms with van der Waals surface area (Å²) in [5.74, 6) is -3.70. The highest BCUT2D eigenvalue weighted by molar-refractivity contribution is 5.85. The minimum absolute atomic E-state index is 0.103. The van der Waals surface area contributed by atoms with Gasteiger partial charge in [-0.25, -0.2) is 4.79 Å². The van der Waals surface area contributed by atoms with Crippen LogP contribution in [0.1, 0.15) is 81.6 Å². The van der Waals surface area contributed by atoms with Crippen LogP contribution in [0.2, 0.25) is 0 Å². The lowest BCUT2D eigenvalue weighted by atomic mass is 9.73. The summed E-state index contributed by atoms with van der Waals surface area (Å²) >= 11 is 0. The number of amides is 1. The molecule has 4 aliphatic heterocycles. The second-order valence-corrected chi connectivity index (χ2v) is 15.7. The number of ether oxygens (including phenoxy) is 7. The van der Waals surface area contributed by atoms with Crippen LogP contribution in [0.25, 0.3) is 0 Å². The SMILES string of the molecule is C=C1CO[C@@H]2[C@H](C)[C@@H](O[C@@H]3O[C@H](C)C[C@H](N(C)C)[C@H]3OC(C)=O)[C@](C)(C[C@@H](C)C(=O)[C@H](C)[C@H]3N(C)C(=O)O[C@]3(C)[C@@H](CC)OC(=O)[C@@H]2C)OC1. The number of hydrogen-bond acceptors (Lipinski definition) is 12. The van der Waals surface area contributed by atoms with Crippen LogP contribution in [-0.4, -0.2) is 128 Å². The number of rotatable bonds is 5. The molecule has 13 heteroatoms. The van der Waals surface area contributed by atoms with Crippen molar-refractivity contribution in [2.75, 3.05) is 34.4 Å². The van der Waals surface area contributed by atoms with Crippen LogP contribution in [0.3, 0.4) is 0 Å². The number of ketones is 1. The summed E-state index contributed by atoms with van der Waals surface area (Å²) in [4.78, 5) is 57.5. The van der Waals surface area contributed by atoms with Gasteiger partial charge in [0.15, 0.2) is 18.0 Å². The first-order chi connectivity index (χ1) is 23.2. The van der Waals surface area contributed by atoms with Crippen LogP contribution in [0.5, 0.6) is 0 Å². The summed E-state index contributed by atoms with van der Waals surface area (Å²) in [5, 5.41) is 0. The summed E-state index contributed by atoms with van der Waals surface area (Å²) < 4.78 is 44.6. The van der Waals surface area contributed by atoms with Gasteiger partial charge in [0.25, 0.3) is 0 Å². The van der Waals surface area contributed by atoms with E-state index in [1.807, 2.05) is 53.6 Å². The highest BCUT2D eigenvalue weighted by atomic mass is 16.7. The number of carbonyl (C=O) groups excluding carboxylic acids is 4. The molecule has 13 nitrogen and oxygen atoms in total. The van der Waals surface area contributed by atoms with Crippen molar-refractivity contribution in [2.24, 2.45) is 23.7 Å². The molecule has 14 atom stereocenters. The molecule has 0 unspecified atom stereocenters. The highest BCUT2D eigenvalue weighted by Crippen LogP contribution is 2.44. The molecule has 2 bridgehead atoms. The van der Waals surface area contributed by atoms with Crippen molar-refractivity contribution in [2.45, 2.75) is 142 Å². The molecule has 4 rings (SSSR count). The summed E-state index contributed by atoms with van der Waals surface area (Å²) in [6.07, 6.45) is -3.83. The summed E-state index contributed by atoms with van der Waals surface area (Å²) in [7, 11) is 5.44. The molecule has 4 heterocycles. The molecule has 0 aromatic rings. The van der Waals surface area contributed by atoms with Crippen LogP contribution in [0.15, 0.2) is 12.2 Å². The molecular formula is C37H60N2O11. The average Bonchev–Trinajstić information content (AvgIpc) is 3.29. The van der Waals surface area contributed by atoms with E-state index >= 15 is 0 Å². The first-order valence-corrected chi connectivity index (χ1v) is 18.0. The topological polar surface area (TPSA) is 139 Å². The predicted molar refractivity (Wildman–Crippen MR) is 183 cm³/mol. The van der Waals surface area contributed by atoms with Crippen LogP contribution in [0, 0.1) is 23.7 Å². The monoisotopic (exact) mass is 708 g/mol. The lowest BCUT2D eigenvalue weighted by Crippen LogP contribution is -2.61. The number of fused-ring (bicyclic) bond motifs is 4. The van der Waals surface area contributed by atoms with Crippen LogP contribution in [-0.2, 0) is 47.5 Å². The Hall–Kier alpha value is -2.58. The van der Waals surface area contributed by atoms with Gasteiger partial charge in [0, 0.05) is 31.7 Å². The summed E-state index contributed by atoms with van der Waals surface area (Å²) in [6, 6.07) is -0.911. The van der Waals surface area contributed by atoms with E-state index in [2.05, 4.69) is 6.58 Å². The minimum atomic E-state index is -1.28. The third-order valence-corrected chi connectivity index (χ3v) is 11.4. The molecule has 0 aromatic heterocycles. The van der Waals surface area contributed by atoms with Crippen LogP contribution < -0.4 is 0 Å². The lowest BCUT2D eigenvalue weighted by Gasteiger charge is -2.49. The van der Waals surface area contributed by atoms with E-state index in [1.54, 1.807) is 27.8 Å². The van der Waals surface area contributed by atoms with Gasteiger partial charge in [-0.05, 0) is 66.6 Å². The van der Waals surface area contributed by atoms with Gasteiger partial charge < -0.3 is 43.0 Å². The number of esters is 2. The molecule has 4 saturated heterocycles. The number of cyclic esters (lactones) is 1. The molecule has 0 radical (unpaired) electrons. The smallest absolute Gasteiger partial charge is 0.410 e. The molecule has 0 saturated carbocycles. The maximum atomic E-state index is 14.5. The number of carbonyl (C=O) groups is 4.